The fraction of sp³-hybridized carbons (Fsp3) is 0.515. The van der Waals surface area contributed by atoms with Gasteiger partial charge in [-0.25, -0.2) is 4.79 Å². The van der Waals surface area contributed by atoms with E-state index >= 15 is 0 Å². The number of hydrogen-bond donors (Lipinski definition) is 0. The number of ether oxygens (including phenoxy) is 2. The molecule has 224 valence electrons. The number of allylic oxidation sites excluding steroid dienone is 4. The topological polar surface area (TPSA) is 127 Å². The molecule has 0 radical (unpaired) electrons. The molecule has 4 fully saturated rings. The maximum atomic E-state index is 13.5. The van der Waals surface area contributed by atoms with Crippen molar-refractivity contribution in [2.75, 3.05) is 20.3 Å². The summed E-state index contributed by atoms with van der Waals surface area (Å²) in [6, 6.07) is 5.22. The molecule has 1 aromatic rings. The maximum Gasteiger partial charge on any atom is 0.329 e. The van der Waals surface area contributed by atoms with Crippen LogP contribution in [0.5, 0.6) is 5.75 Å². The Morgan fingerprint density at radius 3 is 1.79 bits per heavy atom. The van der Waals surface area contributed by atoms with Crippen molar-refractivity contribution in [2.24, 2.45) is 47.3 Å². The molecule has 4 bridgehead atoms. The summed E-state index contributed by atoms with van der Waals surface area (Å²) in [5, 5.41) is 0. The number of rotatable bonds is 11. The molecule has 4 amide bonds. The van der Waals surface area contributed by atoms with Gasteiger partial charge in [-0.2, -0.15) is 0 Å². The number of carbonyl (C=O) groups excluding carboxylic acids is 6. The highest BCUT2D eigenvalue weighted by Gasteiger charge is 2.61. The van der Waals surface area contributed by atoms with E-state index in [2.05, 4.69) is 12.2 Å². The van der Waals surface area contributed by atoms with E-state index in [1.807, 2.05) is 12.2 Å². The van der Waals surface area contributed by atoms with Gasteiger partial charge in [0.25, 0.3) is 0 Å². The van der Waals surface area contributed by atoms with Crippen LogP contribution in [0, 0.1) is 47.3 Å². The summed E-state index contributed by atoms with van der Waals surface area (Å²) in [7, 11) is 1.52. The predicted octanol–water partition coefficient (Wildman–Crippen LogP) is 2.57. The van der Waals surface area contributed by atoms with Gasteiger partial charge in [0.1, 0.15) is 11.8 Å². The minimum atomic E-state index is -1.18. The number of benzene rings is 1. The molecule has 1 aromatic carbocycles. The van der Waals surface area contributed by atoms with Crippen LogP contribution in [0.2, 0.25) is 0 Å². The molecule has 9 atom stereocenters. The van der Waals surface area contributed by atoms with Gasteiger partial charge >= 0.3 is 5.97 Å². The molecule has 2 saturated heterocycles. The molecule has 43 heavy (non-hydrogen) atoms. The van der Waals surface area contributed by atoms with Gasteiger partial charge in [-0.3, -0.25) is 33.8 Å². The Kier molecular flexibility index (Phi) is 6.82. The summed E-state index contributed by atoms with van der Waals surface area (Å²) in [6.07, 6.45) is 10.6. The molecule has 4 aliphatic carbocycles. The number of amides is 4. The van der Waals surface area contributed by atoms with Crippen molar-refractivity contribution in [2.45, 2.75) is 38.1 Å². The minimum Gasteiger partial charge on any atom is -0.497 e. The third-order valence-corrected chi connectivity index (χ3v) is 10.5. The van der Waals surface area contributed by atoms with Gasteiger partial charge in [0, 0.05) is 12.1 Å². The standard InChI is InChI=1S/C33H34N2O8/c1-42-22-11-9-17(10-12-22)24(36)16-43-33(41)23(35-31(39)27-20-7-8-21(15-20)28(27)32(35)40)4-2-3-13-34-29(37)25-18-5-6-19(14-18)26(25)30(34)38/h5-12,18-21,23,25-28H,2-4,13-16H2,1H3/t18-,19-,20-,21-,23-,25-,26+,27-,28-/m0/s1. The summed E-state index contributed by atoms with van der Waals surface area (Å²) in [4.78, 5) is 81.8. The number of Topliss-reactive ketones (excluding diaryl/α,β-unsaturated/α-hetero) is 1. The number of likely N-dealkylation sites (tertiary alicyclic amines) is 2. The number of imide groups is 2. The molecule has 0 aromatic heterocycles. The first kappa shape index (κ1) is 27.7. The van der Waals surface area contributed by atoms with Crippen molar-refractivity contribution in [3.63, 3.8) is 0 Å². The molecule has 2 heterocycles. The maximum absolute atomic E-state index is 13.5. The Labute approximate surface area is 249 Å². The SMILES string of the molecule is COc1ccc(C(=O)COC(=O)[C@H](CCCCN2C(=O)[C@@H]3[C@H](C2=O)[C@H]2C=C[C@H]3C2)N2C(=O)[C@@H]3[C@@H](C2=O)[C@H]2C=C[C@H]3C2)cc1. The zero-order chi connectivity index (χ0) is 30.0. The van der Waals surface area contributed by atoms with Crippen molar-refractivity contribution in [1.82, 2.24) is 9.80 Å². The third kappa shape index (κ3) is 4.36. The van der Waals surface area contributed by atoms with Gasteiger partial charge in [0.15, 0.2) is 12.4 Å². The van der Waals surface area contributed by atoms with Gasteiger partial charge in [-0.1, -0.05) is 24.3 Å². The van der Waals surface area contributed by atoms with E-state index in [9.17, 15) is 28.8 Å². The molecule has 2 saturated carbocycles. The molecular weight excluding hydrogens is 552 g/mol. The molecule has 0 spiro atoms. The Morgan fingerprint density at radius 1 is 0.767 bits per heavy atom. The Balaban J connectivity index is 1.02. The summed E-state index contributed by atoms with van der Waals surface area (Å²) in [5.74, 6) is -2.87. The first-order valence-electron chi connectivity index (χ1n) is 15.2. The molecule has 10 nitrogen and oxygen atoms in total. The second-order valence-corrected chi connectivity index (χ2v) is 12.6. The normalized spacial score (nSPS) is 33.5. The highest BCUT2D eigenvalue weighted by atomic mass is 16.5. The van der Waals surface area contributed by atoms with E-state index in [1.165, 1.54) is 12.0 Å². The fourth-order valence-electron chi connectivity index (χ4n) is 8.47. The number of ketones is 1. The van der Waals surface area contributed by atoms with Crippen LogP contribution in [0.1, 0.15) is 42.5 Å². The lowest BCUT2D eigenvalue weighted by atomic mass is 9.85. The highest BCUT2D eigenvalue weighted by molar-refractivity contribution is 6.09. The van der Waals surface area contributed by atoms with E-state index in [4.69, 9.17) is 9.47 Å². The molecule has 7 rings (SSSR count). The van der Waals surface area contributed by atoms with Crippen LogP contribution in [-0.2, 0) is 28.7 Å². The molecule has 0 unspecified atom stereocenters. The van der Waals surface area contributed by atoms with Crippen molar-refractivity contribution >= 4 is 35.4 Å². The largest absolute Gasteiger partial charge is 0.497 e. The minimum absolute atomic E-state index is 0.0128. The number of hydrogen-bond acceptors (Lipinski definition) is 8. The Morgan fingerprint density at radius 2 is 1.28 bits per heavy atom. The van der Waals surface area contributed by atoms with Gasteiger partial charge in [0.05, 0.1) is 30.8 Å². The van der Waals surface area contributed by atoms with E-state index in [1.54, 1.807) is 24.3 Å². The quantitative estimate of drug-likeness (QED) is 0.127. The first-order chi connectivity index (χ1) is 20.8. The zero-order valence-corrected chi connectivity index (χ0v) is 23.9. The molecule has 6 aliphatic rings. The van der Waals surface area contributed by atoms with E-state index in [0.29, 0.717) is 24.2 Å². The van der Waals surface area contributed by atoms with Crippen LogP contribution < -0.4 is 4.74 Å². The van der Waals surface area contributed by atoms with Crippen molar-refractivity contribution in [1.29, 1.82) is 0 Å². The van der Waals surface area contributed by atoms with Gasteiger partial charge in [0.2, 0.25) is 23.6 Å². The molecule has 10 heteroatoms. The van der Waals surface area contributed by atoms with Crippen molar-refractivity contribution in [3.8, 4) is 5.75 Å². The van der Waals surface area contributed by atoms with E-state index < -0.39 is 36.2 Å². The molecule has 2 aliphatic heterocycles. The summed E-state index contributed by atoms with van der Waals surface area (Å²) < 4.78 is 10.5. The lowest BCUT2D eigenvalue weighted by molar-refractivity contribution is -0.159. The van der Waals surface area contributed by atoms with Crippen molar-refractivity contribution < 1.29 is 38.2 Å². The van der Waals surface area contributed by atoms with Crippen LogP contribution in [0.25, 0.3) is 0 Å². The third-order valence-electron chi connectivity index (χ3n) is 10.5. The average molecular weight is 587 g/mol. The van der Waals surface area contributed by atoms with Crippen LogP contribution >= 0.6 is 0 Å². The number of unbranched alkanes of at least 4 members (excludes halogenated alkanes) is 1. The lowest BCUT2D eigenvalue weighted by Crippen LogP contribution is -2.47. The Bertz CT molecular complexity index is 1400. The average Bonchev–Trinajstić information content (AvgIpc) is 3.87. The summed E-state index contributed by atoms with van der Waals surface area (Å²) in [6.45, 7) is -0.309. The number of methoxy groups -OCH3 is 1. The zero-order valence-electron chi connectivity index (χ0n) is 23.9. The van der Waals surface area contributed by atoms with Crippen LogP contribution in [0.15, 0.2) is 48.6 Å². The van der Waals surface area contributed by atoms with Crippen LogP contribution in [0.3, 0.4) is 0 Å². The Hall–Kier alpha value is -4.08. The van der Waals surface area contributed by atoms with Gasteiger partial charge < -0.3 is 9.47 Å². The summed E-state index contributed by atoms with van der Waals surface area (Å²) in [5.41, 5.74) is 0.337. The number of carbonyl (C=O) groups is 6. The molecular formula is C33H34N2O8. The number of esters is 1. The smallest absolute Gasteiger partial charge is 0.329 e. The van der Waals surface area contributed by atoms with Gasteiger partial charge in [-0.05, 0) is 80.0 Å². The predicted molar refractivity (Wildman–Crippen MR) is 150 cm³/mol. The van der Waals surface area contributed by atoms with Crippen LogP contribution in [0.4, 0.5) is 0 Å². The van der Waals surface area contributed by atoms with E-state index in [-0.39, 0.29) is 72.1 Å². The molecule has 0 N–H and O–H groups in total. The summed E-state index contributed by atoms with van der Waals surface area (Å²) >= 11 is 0. The lowest BCUT2D eigenvalue weighted by Gasteiger charge is -2.26. The highest BCUT2D eigenvalue weighted by Crippen LogP contribution is 2.54. The first-order valence-corrected chi connectivity index (χ1v) is 15.2. The fourth-order valence-corrected chi connectivity index (χ4v) is 8.47. The van der Waals surface area contributed by atoms with Gasteiger partial charge in [-0.15, -0.1) is 0 Å². The monoisotopic (exact) mass is 586 g/mol. The number of fused-ring (bicyclic) bond motifs is 10. The van der Waals surface area contributed by atoms with E-state index in [0.717, 1.165) is 17.7 Å². The number of nitrogens with zero attached hydrogens (tertiary/aromatic N) is 2. The second kappa shape index (κ2) is 10.6. The van der Waals surface area contributed by atoms with Crippen molar-refractivity contribution in [3.05, 3.63) is 54.1 Å². The van der Waals surface area contributed by atoms with Crippen LogP contribution in [-0.4, -0.2) is 71.5 Å². The second-order valence-electron chi connectivity index (χ2n) is 12.6.